The van der Waals surface area contributed by atoms with Crippen LogP contribution in [-0.4, -0.2) is 63.8 Å². The fraction of sp³-hybridized carbons (Fsp3) is 0.591. The van der Waals surface area contributed by atoms with Crippen molar-refractivity contribution in [3.8, 4) is 6.07 Å². The van der Waals surface area contributed by atoms with E-state index in [1.165, 1.54) is 12.1 Å². The van der Waals surface area contributed by atoms with Crippen LogP contribution in [0.2, 0.25) is 0 Å². The van der Waals surface area contributed by atoms with Gasteiger partial charge >= 0.3 is 0 Å². The molecule has 3 aliphatic heterocycles. The Morgan fingerprint density at radius 1 is 1.23 bits per heavy atom. The molecule has 6 nitrogen and oxygen atoms in total. The first-order valence-corrected chi connectivity index (χ1v) is 10.6. The third kappa shape index (κ3) is 3.16. The van der Waals surface area contributed by atoms with E-state index in [1.807, 2.05) is 6.92 Å². The quantitative estimate of drug-likeness (QED) is 0.738. The summed E-state index contributed by atoms with van der Waals surface area (Å²) in [6.07, 6.45) is 2.45. The molecule has 4 aliphatic rings. The van der Waals surface area contributed by atoms with Crippen LogP contribution < -0.4 is 0 Å². The van der Waals surface area contributed by atoms with Crippen molar-refractivity contribution >= 4 is 11.8 Å². The van der Waals surface area contributed by atoms with E-state index in [4.69, 9.17) is 0 Å². The van der Waals surface area contributed by atoms with Gasteiger partial charge in [0.15, 0.2) is 0 Å². The second-order valence-electron chi connectivity index (χ2n) is 9.19. The molecule has 30 heavy (non-hydrogen) atoms. The normalized spacial score (nSPS) is 33.0. The van der Waals surface area contributed by atoms with Gasteiger partial charge in [-0.1, -0.05) is 6.92 Å². The van der Waals surface area contributed by atoms with Gasteiger partial charge in [0.2, 0.25) is 11.8 Å². The molecule has 1 saturated carbocycles. The van der Waals surface area contributed by atoms with Crippen molar-refractivity contribution in [2.75, 3.05) is 13.1 Å². The summed E-state index contributed by atoms with van der Waals surface area (Å²) in [6.45, 7) is 3.20. The van der Waals surface area contributed by atoms with E-state index in [9.17, 15) is 23.6 Å². The average molecular weight is 414 g/mol. The second-order valence-corrected chi connectivity index (χ2v) is 9.19. The number of halogens is 2. The monoisotopic (exact) mass is 414 g/mol. The van der Waals surface area contributed by atoms with Crippen LogP contribution in [0.15, 0.2) is 18.2 Å². The Kier molecular flexibility index (Phi) is 4.55. The number of piperazine rings is 1. The molecule has 1 aromatic rings. The zero-order valence-corrected chi connectivity index (χ0v) is 16.8. The van der Waals surface area contributed by atoms with Crippen molar-refractivity contribution in [3.05, 3.63) is 35.4 Å². The minimum absolute atomic E-state index is 0.00821. The Morgan fingerprint density at radius 2 is 1.97 bits per heavy atom. The third-order valence-corrected chi connectivity index (χ3v) is 7.10. The maximum absolute atomic E-state index is 13.5. The molecule has 8 heteroatoms. The molecule has 0 unspecified atom stereocenters. The lowest BCUT2D eigenvalue weighted by atomic mass is 10.1. The molecule has 3 saturated heterocycles. The molecule has 0 spiro atoms. The summed E-state index contributed by atoms with van der Waals surface area (Å²) in [7, 11) is 0. The first kappa shape index (κ1) is 19.4. The highest BCUT2D eigenvalue weighted by Gasteiger charge is 2.55. The smallest absolute Gasteiger partial charge is 0.240 e. The molecular formula is C22H24F2N4O2. The van der Waals surface area contributed by atoms with E-state index in [2.05, 4.69) is 11.0 Å². The van der Waals surface area contributed by atoms with Crippen LogP contribution in [0.1, 0.15) is 31.7 Å². The maximum atomic E-state index is 13.5. The van der Waals surface area contributed by atoms with Gasteiger partial charge in [-0.25, -0.2) is 8.78 Å². The molecule has 2 bridgehead atoms. The van der Waals surface area contributed by atoms with Gasteiger partial charge in [-0.15, -0.1) is 0 Å². The first-order valence-electron chi connectivity index (χ1n) is 10.6. The topological polar surface area (TPSA) is 67.7 Å². The predicted octanol–water partition coefficient (Wildman–Crippen LogP) is 1.90. The summed E-state index contributed by atoms with van der Waals surface area (Å²) >= 11 is 0. The highest BCUT2D eigenvalue weighted by molar-refractivity contribution is 5.86. The van der Waals surface area contributed by atoms with Gasteiger partial charge in [-0.05, 0) is 42.9 Å². The highest BCUT2D eigenvalue weighted by atomic mass is 19.1. The van der Waals surface area contributed by atoms with Crippen LogP contribution in [0, 0.1) is 34.8 Å². The van der Waals surface area contributed by atoms with Gasteiger partial charge in [0.1, 0.15) is 17.7 Å². The Bertz CT molecular complexity index is 927. The zero-order chi connectivity index (χ0) is 21.2. The lowest BCUT2D eigenvalue weighted by molar-refractivity contribution is -0.141. The van der Waals surface area contributed by atoms with Crippen LogP contribution in [0.25, 0.3) is 0 Å². The molecule has 3 heterocycles. The number of likely N-dealkylation sites (tertiary alicyclic amines) is 3. The van der Waals surface area contributed by atoms with Gasteiger partial charge in [0, 0.05) is 43.7 Å². The summed E-state index contributed by atoms with van der Waals surface area (Å²) in [4.78, 5) is 31.4. The van der Waals surface area contributed by atoms with Gasteiger partial charge in [0.05, 0.1) is 12.1 Å². The Labute approximate surface area is 174 Å². The number of hydrogen-bond donors (Lipinski definition) is 0. The highest BCUT2D eigenvalue weighted by Crippen LogP contribution is 2.48. The van der Waals surface area contributed by atoms with Gasteiger partial charge in [-0.2, -0.15) is 5.26 Å². The van der Waals surface area contributed by atoms with E-state index in [1.54, 1.807) is 9.80 Å². The molecular weight excluding hydrogens is 390 g/mol. The van der Waals surface area contributed by atoms with E-state index in [0.29, 0.717) is 31.0 Å². The number of nitrogens with zero attached hydrogens (tertiary/aromatic N) is 4. The number of benzene rings is 1. The molecule has 1 aliphatic carbocycles. The summed E-state index contributed by atoms with van der Waals surface area (Å²) in [6, 6.07) is 5.20. The Hall–Kier alpha value is -2.53. The summed E-state index contributed by atoms with van der Waals surface area (Å²) in [5.41, 5.74) is 0.444. The average Bonchev–Trinajstić information content (AvgIpc) is 3.04. The van der Waals surface area contributed by atoms with Gasteiger partial charge in [0.25, 0.3) is 0 Å². The van der Waals surface area contributed by atoms with Gasteiger partial charge in [-0.3, -0.25) is 14.5 Å². The number of carbonyl (C=O) groups is 2. The van der Waals surface area contributed by atoms with Crippen LogP contribution in [0.4, 0.5) is 8.78 Å². The van der Waals surface area contributed by atoms with Crippen molar-refractivity contribution in [1.29, 1.82) is 5.26 Å². The molecule has 0 aromatic heterocycles. The van der Waals surface area contributed by atoms with Crippen molar-refractivity contribution in [1.82, 2.24) is 14.7 Å². The number of amides is 2. The fourth-order valence-electron chi connectivity index (χ4n) is 5.61. The summed E-state index contributed by atoms with van der Waals surface area (Å²) < 4.78 is 26.9. The van der Waals surface area contributed by atoms with Gasteiger partial charge < -0.3 is 9.80 Å². The number of rotatable bonds is 5. The number of piperidine rings is 1. The number of hydrogen-bond acceptors (Lipinski definition) is 4. The number of carbonyl (C=O) groups excluding carboxylic acids is 2. The molecule has 6 atom stereocenters. The van der Waals surface area contributed by atoms with E-state index in [-0.39, 0.29) is 48.4 Å². The maximum Gasteiger partial charge on any atom is 0.240 e. The molecule has 158 valence electrons. The lowest BCUT2D eigenvalue weighted by Crippen LogP contribution is -2.52. The molecule has 5 rings (SSSR count). The van der Waals surface area contributed by atoms with Crippen molar-refractivity contribution in [2.24, 2.45) is 11.8 Å². The number of nitriles is 1. The Morgan fingerprint density at radius 3 is 2.63 bits per heavy atom. The third-order valence-electron chi connectivity index (χ3n) is 7.10. The van der Waals surface area contributed by atoms with Crippen molar-refractivity contribution in [3.63, 3.8) is 0 Å². The minimum Gasteiger partial charge on any atom is -0.333 e. The summed E-state index contributed by atoms with van der Waals surface area (Å²) in [5, 5.41) is 9.34. The SMILES string of the molecule is C[C@@H](CN1C[C@H]2C[C@@H]1C(=O)N2Cc1cc(F)cc(F)c1)C(=O)N1[C@H](C#N)C[C@@H]2C[C@@H]21. The van der Waals surface area contributed by atoms with Crippen LogP contribution in [-0.2, 0) is 16.1 Å². The Balaban J connectivity index is 1.21. The van der Waals surface area contributed by atoms with E-state index >= 15 is 0 Å². The first-order chi connectivity index (χ1) is 14.4. The van der Waals surface area contributed by atoms with Crippen LogP contribution in [0.5, 0.6) is 0 Å². The molecule has 2 amide bonds. The van der Waals surface area contributed by atoms with E-state index in [0.717, 1.165) is 18.9 Å². The van der Waals surface area contributed by atoms with E-state index < -0.39 is 11.6 Å². The molecule has 4 fully saturated rings. The molecule has 0 N–H and O–H groups in total. The minimum atomic E-state index is -0.647. The number of fused-ring (bicyclic) bond motifs is 3. The predicted molar refractivity (Wildman–Crippen MR) is 103 cm³/mol. The van der Waals surface area contributed by atoms with Crippen LogP contribution in [0.3, 0.4) is 0 Å². The standard InChI is InChI=1S/C22H24F2N4O2/c1-12(21(29)28-17(8-25)4-14-5-19(14)28)9-26-11-18-7-20(26)22(30)27(18)10-13-2-15(23)6-16(24)3-13/h2-3,6,12,14,17-20H,4-5,7,9-11H2,1H3/t12-,14+,17-,18+,19-,20+/m0/s1. The lowest BCUT2D eigenvalue weighted by Gasteiger charge is -2.36. The van der Waals surface area contributed by atoms with Crippen molar-refractivity contribution < 1.29 is 18.4 Å². The fourth-order valence-corrected chi connectivity index (χ4v) is 5.61. The zero-order valence-electron chi connectivity index (χ0n) is 16.8. The van der Waals surface area contributed by atoms with Crippen LogP contribution >= 0.6 is 0 Å². The van der Waals surface area contributed by atoms with Crippen molar-refractivity contribution in [2.45, 2.75) is 56.9 Å². The second kappa shape index (κ2) is 7.02. The molecule has 1 aromatic carbocycles. The largest absolute Gasteiger partial charge is 0.333 e. The summed E-state index contributed by atoms with van der Waals surface area (Å²) in [5.74, 6) is -1.13. The molecule has 0 radical (unpaired) electrons.